The number of hydrogen-bond donors (Lipinski definition) is 1. The van der Waals surface area contributed by atoms with Crippen LogP contribution in [0.1, 0.15) is 37.2 Å². The minimum atomic E-state index is -0.684. The quantitative estimate of drug-likeness (QED) is 0.825. The molecule has 1 saturated heterocycles. The van der Waals surface area contributed by atoms with Crippen LogP contribution in [0.25, 0.3) is 0 Å². The van der Waals surface area contributed by atoms with E-state index in [2.05, 4.69) is 5.32 Å². The number of rotatable bonds is 5. The molecule has 1 saturated carbocycles. The number of carbonyl (C=O) groups is 2. The van der Waals surface area contributed by atoms with Crippen molar-refractivity contribution in [2.24, 2.45) is 5.92 Å². The molecule has 5 nitrogen and oxygen atoms in total. The highest BCUT2D eigenvalue weighted by molar-refractivity contribution is 5.84. The van der Waals surface area contributed by atoms with Gasteiger partial charge in [0, 0.05) is 25.2 Å². The van der Waals surface area contributed by atoms with Gasteiger partial charge in [0.05, 0.1) is 19.1 Å². The summed E-state index contributed by atoms with van der Waals surface area (Å²) in [6.45, 7) is 0.913. The van der Waals surface area contributed by atoms with Gasteiger partial charge in [0.15, 0.2) is 0 Å². The third-order valence-electron chi connectivity index (χ3n) is 5.04. The minimum absolute atomic E-state index is 0.0842. The molecular formula is C18H21F2NO4. The fraction of sp³-hybridized carbons (Fsp3) is 0.556. The zero-order valence-electron chi connectivity index (χ0n) is 14.0. The van der Waals surface area contributed by atoms with E-state index in [0.29, 0.717) is 38.0 Å². The van der Waals surface area contributed by atoms with Crippen LogP contribution in [0, 0.1) is 17.6 Å². The third kappa shape index (κ3) is 3.98. The van der Waals surface area contributed by atoms with E-state index < -0.39 is 17.2 Å². The number of ether oxygens (including phenoxy) is 2. The maximum atomic E-state index is 13.9. The van der Waals surface area contributed by atoms with Gasteiger partial charge in [-0.1, -0.05) is 6.07 Å². The molecule has 7 heteroatoms. The van der Waals surface area contributed by atoms with Gasteiger partial charge in [-0.3, -0.25) is 9.59 Å². The van der Waals surface area contributed by atoms with Gasteiger partial charge in [0.25, 0.3) is 0 Å². The molecule has 136 valence electrons. The van der Waals surface area contributed by atoms with Crippen LogP contribution in [0.15, 0.2) is 18.2 Å². The Morgan fingerprint density at radius 3 is 2.68 bits per heavy atom. The number of nitrogens with one attached hydrogen (secondary N) is 1. The summed E-state index contributed by atoms with van der Waals surface area (Å²) in [5, 5.41) is 2.97. The number of amides is 1. The lowest BCUT2D eigenvalue weighted by molar-refractivity contribution is -0.144. The summed E-state index contributed by atoms with van der Waals surface area (Å²) in [5.74, 6) is -2.48. The molecule has 0 radical (unpaired) electrons. The second-order valence-corrected chi connectivity index (χ2v) is 6.75. The van der Waals surface area contributed by atoms with Crippen LogP contribution in [0.3, 0.4) is 0 Å². The van der Waals surface area contributed by atoms with E-state index in [9.17, 15) is 18.4 Å². The van der Waals surface area contributed by atoms with Gasteiger partial charge in [-0.2, -0.15) is 0 Å². The Labute approximate surface area is 144 Å². The normalized spacial score (nSPS) is 24.4. The van der Waals surface area contributed by atoms with Crippen molar-refractivity contribution >= 4 is 11.9 Å². The van der Waals surface area contributed by atoms with E-state index in [1.54, 1.807) is 0 Å². The van der Waals surface area contributed by atoms with Gasteiger partial charge in [0.1, 0.15) is 11.6 Å². The lowest BCUT2D eigenvalue weighted by atomic mass is 9.86. The largest absolute Gasteiger partial charge is 0.469 e. The molecule has 1 N–H and O–H groups in total. The summed E-state index contributed by atoms with van der Waals surface area (Å²) in [5.41, 5.74) is -0.327. The molecule has 1 aliphatic heterocycles. The Morgan fingerprint density at radius 2 is 2.04 bits per heavy atom. The lowest BCUT2D eigenvalue weighted by Gasteiger charge is -2.37. The zero-order valence-corrected chi connectivity index (χ0v) is 14.0. The fourth-order valence-electron chi connectivity index (χ4n) is 3.44. The van der Waals surface area contributed by atoms with Crippen LogP contribution in [-0.2, 0) is 19.1 Å². The fourth-order valence-corrected chi connectivity index (χ4v) is 3.44. The van der Waals surface area contributed by atoms with Crippen LogP contribution < -0.4 is 5.32 Å². The van der Waals surface area contributed by atoms with E-state index in [1.165, 1.54) is 19.2 Å². The lowest BCUT2D eigenvalue weighted by Crippen LogP contribution is -2.53. The molecule has 1 aliphatic carbocycles. The average molecular weight is 353 g/mol. The van der Waals surface area contributed by atoms with Crippen LogP contribution >= 0.6 is 0 Å². The van der Waals surface area contributed by atoms with E-state index in [1.807, 2.05) is 0 Å². The van der Waals surface area contributed by atoms with Crippen molar-refractivity contribution in [1.82, 2.24) is 5.32 Å². The molecule has 2 fully saturated rings. The first kappa shape index (κ1) is 17.8. The highest BCUT2D eigenvalue weighted by atomic mass is 19.1. The Bertz CT molecular complexity index is 673. The van der Waals surface area contributed by atoms with Crippen molar-refractivity contribution in [3.8, 4) is 0 Å². The topological polar surface area (TPSA) is 64.6 Å². The molecule has 2 aliphatic rings. The first-order chi connectivity index (χ1) is 11.9. The molecule has 2 unspecified atom stereocenters. The summed E-state index contributed by atoms with van der Waals surface area (Å²) in [6.07, 6.45) is 1.65. The molecule has 0 aromatic heterocycles. The second kappa shape index (κ2) is 7.07. The Kier molecular flexibility index (Phi) is 5.03. The van der Waals surface area contributed by atoms with Crippen molar-refractivity contribution in [2.45, 2.75) is 37.1 Å². The third-order valence-corrected chi connectivity index (χ3v) is 5.04. The van der Waals surface area contributed by atoms with Gasteiger partial charge in [-0.15, -0.1) is 0 Å². The van der Waals surface area contributed by atoms with Crippen molar-refractivity contribution < 1.29 is 27.8 Å². The first-order valence-corrected chi connectivity index (χ1v) is 8.36. The summed E-state index contributed by atoms with van der Waals surface area (Å²) >= 11 is 0. The maximum Gasteiger partial charge on any atom is 0.307 e. The van der Waals surface area contributed by atoms with Gasteiger partial charge < -0.3 is 14.8 Å². The highest BCUT2D eigenvalue weighted by Crippen LogP contribution is 2.49. The van der Waals surface area contributed by atoms with E-state index >= 15 is 0 Å². The molecule has 0 spiro atoms. The first-order valence-electron chi connectivity index (χ1n) is 8.36. The summed E-state index contributed by atoms with van der Waals surface area (Å²) in [4.78, 5) is 24.3. The number of methoxy groups -OCH3 is 1. The van der Waals surface area contributed by atoms with E-state index in [-0.39, 0.29) is 30.1 Å². The van der Waals surface area contributed by atoms with Gasteiger partial charge >= 0.3 is 5.97 Å². The second-order valence-electron chi connectivity index (χ2n) is 6.75. The van der Waals surface area contributed by atoms with E-state index in [0.717, 1.165) is 6.07 Å². The van der Waals surface area contributed by atoms with Crippen LogP contribution in [0.2, 0.25) is 0 Å². The SMILES string of the molecule is COC(=O)CC1(NC(=O)C2CC2c2ccc(F)cc2F)CCOCC1. The van der Waals surface area contributed by atoms with Crippen molar-refractivity contribution in [2.75, 3.05) is 20.3 Å². The Balaban J connectivity index is 1.67. The molecular weight excluding hydrogens is 332 g/mol. The molecule has 1 aromatic carbocycles. The standard InChI is InChI=1S/C18H21F2NO4/c1-24-16(22)10-18(4-6-25-7-5-18)21-17(23)14-9-13(14)12-3-2-11(19)8-15(12)20/h2-3,8,13-14H,4-7,9-10H2,1H3,(H,21,23). The highest BCUT2D eigenvalue weighted by Gasteiger charge is 2.48. The average Bonchev–Trinajstić information content (AvgIpc) is 3.36. The zero-order chi connectivity index (χ0) is 18.0. The number of carbonyl (C=O) groups excluding carboxylic acids is 2. The van der Waals surface area contributed by atoms with Gasteiger partial charge in [-0.25, -0.2) is 8.78 Å². The molecule has 1 aromatic rings. The van der Waals surface area contributed by atoms with Crippen molar-refractivity contribution in [3.63, 3.8) is 0 Å². The number of benzene rings is 1. The maximum absolute atomic E-state index is 13.9. The van der Waals surface area contributed by atoms with Crippen LogP contribution in [0.5, 0.6) is 0 Å². The van der Waals surface area contributed by atoms with Crippen molar-refractivity contribution in [3.05, 3.63) is 35.4 Å². The molecule has 2 atom stereocenters. The van der Waals surface area contributed by atoms with Gasteiger partial charge in [0.2, 0.25) is 5.91 Å². The molecule has 1 heterocycles. The minimum Gasteiger partial charge on any atom is -0.469 e. The molecule has 1 amide bonds. The summed E-state index contributed by atoms with van der Waals surface area (Å²) < 4.78 is 37.0. The summed E-state index contributed by atoms with van der Waals surface area (Å²) in [7, 11) is 1.31. The summed E-state index contributed by atoms with van der Waals surface area (Å²) in [6, 6.07) is 3.42. The Hall–Kier alpha value is -2.02. The monoisotopic (exact) mass is 353 g/mol. The van der Waals surface area contributed by atoms with Gasteiger partial charge in [-0.05, 0) is 36.8 Å². The molecule has 0 bridgehead atoms. The molecule has 3 rings (SSSR count). The smallest absolute Gasteiger partial charge is 0.307 e. The number of halogens is 2. The van der Waals surface area contributed by atoms with Crippen molar-refractivity contribution in [1.29, 1.82) is 0 Å². The number of esters is 1. The predicted octanol–water partition coefficient (Wildman–Crippen LogP) is 2.30. The van der Waals surface area contributed by atoms with Crippen LogP contribution in [0.4, 0.5) is 8.78 Å². The predicted molar refractivity (Wildman–Crippen MR) is 84.8 cm³/mol. The van der Waals surface area contributed by atoms with E-state index in [4.69, 9.17) is 9.47 Å². The number of hydrogen-bond acceptors (Lipinski definition) is 4. The van der Waals surface area contributed by atoms with Crippen LogP contribution in [-0.4, -0.2) is 37.7 Å². The molecule has 25 heavy (non-hydrogen) atoms. The Morgan fingerprint density at radius 1 is 1.32 bits per heavy atom.